The van der Waals surface area contributed by atoms with Crippen LogP contribution >= 0.6 is 15.9 Å². The maximum absolute atomic E-state index is 13.5. The smallest absolute Gasteiger partial charge is 0.341 e. The monoisotopic (exact) mass is 483 g/mol. The summed E-state index contributed by atoms with van der Waals surface area (Å²) in [7, 11) is 2.35. The molecule has 0 saturated heterocycles. The number of ether oxygens (including phenoxy) is 2. The molecule has 0 fully saturated rings. The van der Waals surface area contributed by atoms with Gasteiger partial charge in [0.05, 0.1) is 25.3 Å². The molecule has 0 aliphatic carbocycles. The molecule has 4 rings (SSSR count). The minimum Gasteiger partial charge on any atom is -0.465 e. The standard InChI is InChI=1S/C23H15BrFNO5/c1-30-22(28)18-17-9-5-13-11-14(24)6-10-16(13)26(17)20(19(18)23(29)31-2)21(27)12-3-7-15(25)8-4-12/h3-11H,1-2H3. The van der Waals surface area contributed by atoms with Gasteiger partial charge >= 0.3 is 11.9 Å². The van der Waals surface area contributed by atoms with Gasteiger partial charge in [0, 0.05) is 10.0 Å². The van der Waals surface area contributed by atoms with Crippen LogP contribution in [0.5, 0.6) is 0 Å². The van der Waals surface area contributed by atoms with Crippen LogP contribution in [0, 0.1) is 5.82 Å². The van der Waals surface area contributed by atoms with Crippen molar-refractivity contribution in [1.82, 2.24) is 4.40 Å². The van der Waals surface area contributed by atoms with Crippen LogP contribution in [0.3, 0.4) is 0 Å². The van der Waals surface area contributed by atoms with E-state index in [4.69, 9.17) is 9.47 Å². The Bertz CT molecular complexity index is 1370. The number of pyridine rings is 1. The maximum Gasteiger partial charge on any atom is 0.341 e. The van der Waals surface area contributed by atoms with E-state index in [-0.39, 0.29) is 22.4 Å². The van der Waals surface area contributed by atoms with Crippen LogP contribution in [0.2, 0.25) is 0 Å². The van der Waals surface area contributed by atoms with Crippen molar-refractivity contribution in [2.24, 2.45) is 0 Å². The van der Waals surface area contributed by atoms with Crippen molar-refractivity contribution in [2.45, 2.75) is 0 Å². The normalized spacial score (nSPS) is 11.0. The number of carbonyl (C=O) groups is 3. The van der Waals surface area contributed by atoms with Crippen LogP contribution < -0.4 is 0 Å². The van der Waals surface area contributed by atoms with E-state index >= 15 is 0 Å². The number of ketones is 1. The highest BCUT2D eigenvalue weighted by atomic mass is 79.9. The SMILES string of the molecule is COC(=O)c1c(C(=O)OC)c2ccc3cc(Br)ccc3n2c1C(=O)c1ccc(F)cc1. The Kier molecular flexibility index (Phi) is 5.32. The molecular weight excluding hydrogens is 469 g/mol. The van der Waals surface area contributed by atoms with Crippen molar-refractivity contribution in [3.63, 3.8) is 0 Å². The maximum atomic E-state index is 13.5. The molecule has 0 bridgehead atoms. The zero-order valence-corrected chi connectivity index (χ0v) is 18.0. The first-order valence-corrected chi connectivity index (χ1v) is 9.90. The van der Waals surface area contributed by atoms with Gasteiger partial charge in [0.1, 0.15) is 22.6 Å². The van der Waals surface area contributed by atoms with Crippen LogP contribution in [0.25, 0.3) is 16.4 Å². The Morgan fingerprint density at radius 2 is 1.45 bits per heavy atom. The fraction of sp³-hybridized carbons (Fsp3) is 0.0870. The van der Waals surface area contributed by atoms with Crippen molar-refractivity contribution in [3.8, 4) is 0 Å². The zero-order chi connectivity index (χ0) is 22.3. The van der Waals surface area contributed by atoms with Crippen molar-refractivity contribution in [1.29, 1.82) is 0 Å². The minimum absolute atomic E-state index is 0.0678. The average molecular weight is 484 g/mol. The molecule has 0 unspecified atom stereocenters. The Morgan fingerprint density at radius 3 is 2.10 bits per heavy atom. The molecule has 8 heteroatoms. The molecule has 0 aliphatic rings. The molecule has 0 amide bonds. The number of hydrogen-bond acceptors (Lipinski definition) is 5. The molecule has 0 N–H and O–H groups in total. The van der Waals surface area contributed by atoms with E-state index in [0.717, 1.165) is 29.1 Å². The van der Waals surface area contributed by atoms with Gasteiger partial charge in [-0.15, -0.1) is 0 Å². The Morgan fingerprint density at radius 1 is 0.839 bits per heavy atom. The number of methoxy groups -OCH3 is 2. The topological polar surface area (TPSA) is 74.1 Å². The molecule has 0 radical (unpaired) electrons. The summed E-state index contributed by atoms with van der Waals surface area (Å²) in [6.45, 7) is 0. The number of rotatable bonds is 4. The lowest BCUT2D eigenvalue weighted by Crippen LogP contribution is -2.15. The van der Waals surface area contributed by atoms with Crippen molar-refractivity contribution in [2.75, 3.05) is 14.2 Å². The lowest BCUT2D eigenvalue weighted by molar-refractivity contribution is 0.0556. The Hall–Kier alpha value is -3.52. The van der Waals surface area contributed by atoms with Gasteiger partial charge in [-0.2, -0.15) is 0 Å². The van der Waals surface area contributed by atoms with Crippen molar-refractivity contribution >= 4 is 50.1 Å². The highest BCUT2D eigenvalue weighted by Crippen LogP contribution is 2.32. The van der Waals surface area contributed by atoms with Gasteiger partial charge in [-0.1, -0.05) is 22.0 Å². The summed E-state index contributed by atoms with van der Waals surface area (Å²) in [6, 6.07) is 13.7. The fourth-order valence-corrected chi connectivity index (χ4v) is 3.97. The first-order valence-electron chi connectivity index (χ1n) is 9.11. The van der Waals surface area contributed by atoms with E-state index in [0.29, 0.717) is 11.0 Å². The highest BCUT2D eigenvalue weighted by Gasteiger charge is 2.33. The molecule has 0 aliphatic heterocycles. The second-order valence-corrected chi connectivity index (χ2v) is 7.59. The van der Waals surface area contributed by atoms with Crippen LogP contribution in [-0.4, -0.2) is 36.3 Å². The van der Waals surface area contributed by atoms with Crippen LogP contribution in [0.15, 0.2) is 59.1 Å². The van der Waals surface area contributed by atoms with E-state index in [1.165, 1.54) is 23.6 Å². The van der Waals surface area contributed by atoms with Gasteiger partial charge in [-0.3, -0.25) is 4.79 Å². The number of nitrogens with zero attached hydrogens (tertiary/aromatic N) is 1. The highest BCUT2D eigenvalue weighted by molar-refractivity contribution is 9.10. The van der Waals surface area contributed by atoms with Crippen molar-refractivity contribution < 1.29 is 28.2 Å². The Labute approximate surface area is 184 Å². The number of aromatic nitrogens is 1. The lowest BCUT2D eigenvalue weighted by atomic mass is 10.0. The third-order valence-corrected chi connectivity index (χ3v) is 5.45. The lowest BCUT2D eigenvalue weighted by Gasteiger charge is -2.09. The molecule has 156 valence electrons. The molecule has 0 saturated carbocycles. The molecule has 2 aromatic heterocycles. The number of fused-ring (bicyclic) bond motifs is 3. The zero-order valence-electron chi connectivity index (χ0n) is 16.4. The van der Waals surface area contributed by atoms with Crippen LogP contribution in [0.1, 0.15) is 36.8 Å². The van der Waals surface area contributed by atoms with Gasteiger partial charge < -0.3 is 13.9 Å². The van der Waals surface area contributed by atoms with Gasteiger partial charge in [-0.25, -0.2) is 14.0 Å². The number of esters is 2. The van der Waals surface area contributed by atoms with Gasteiger partial charge in [0.2, 0.25) is 5.78 Å². The number of hydrogen-bond donors (Lipinski definition) is 0. The summed E-state index contributed by atoms with van der Waals surface area (Å²) < 4.78 is 25.6. The molecule has 6 nitrogen and oxygen atoms in total. The van der Waals surface area contributed by atoms with Gasteiger partial charge in [0.25, 0.3) is 0 Å². The molecule has 4 aromatic rings. The van der Waals surface area contributed by atoms with Crippen LogP contribution in [-0.2, 0) is 9.47 Å². The third kappa shape index (κ3) is 3.38. The molecule has 0 spiro atoms. The molecular formula is C23H15BrFNO5. The summed E-state index contributed by atoms with van der Waals surface area (Å²) >= 11 is 3.42. The molecule has 0 atom stereocenters. The second-order valence-electron chi connectivity index (χ2n) is 6.67. The fourth-order valence-electron chi connectivity index (χ4n) is 3.59. The molecule has 2 aromatic carbocycles. The molecule has 31 heavy (non-hydrogen) atoms. The summed E-state index contributed by atoms with van der Waals surface area (Å²) in [5, 5.41) is 0.762. The quantitative estimate of drug-likeness (QED) is 0.308. The second kappa shape index (κ2) is 7.96. The largest absolute Gasteiger partial charge is 0.465 e. The number of halogens is 2. The van der Waals surface area contributed by atoms with Gasteiger partial charge in [-0.05, 0) is 53.9 Å². The average Bonchev–Trinajstić information content (AvgIpc) is 3.13. The minimum atomic E-state index is -0.861. The van der Waals surface area contributed by atoms with E-state index < -0.39 is 23.5 Å². The van der Waals surface area contributed by atoms with E-state index in [1.807, 2.05) is 6.07 Å². The summed E-state index contributed by atoms with van der Waals surface area (Å²) in [5.74, 6) is -2.72. The molecule has 2 heterocycles. The third-order valence-electron chi connectivity index (χ3n) is 4.96. The Balaban J connectivity index is 2.19. The summed E-state index contributed by atoms with van der Waals surface area (Å²) in [6.07, 6.45) is 0. The first-order chi connectivity index (χ1) is 14.9. The predicted molar refractivity (Wildman–Crippen MR) is 115 cm³/mol. The summed E-state index contributed by atoms with van der Waals surface area (Å²) in [5.41, 5.74) is 0.695. The number of carbonyl (C=O) groups excluding carboxylic acids is 3. The van der Waals surface area contributed by atoms with E-state index in [2.05, 4.69) is 15.9 Å². The predicted octanol–water partition coefficient (Wildman–Crippen LogP) is 4.80. The van der Waals surface area contributed by atoms with Crippen LogP contribution in [0.4, 0.5) is 4.39 Å². The van der Waals surface area contributed by atoms with E-state index in [1.54, 1.807) is 24.3 Å². The van der Waals surface area contributed by atoms with E-state index in [9.17, 15) is 18.8 Å². The van der Waals surface area contributed by atoms with Crippen molar-refractivity contribution in [3.05, 3.63) is 87.3 Å². The first kappa shape index (κ1) is 20.7. The van der Waals surface area contributed by atoms with Gasteiger partial charge in [0.15, 0.2) is 0 Å². The number of benzene rings is 2. The summed E-state index contributed by atoms with van der Waals surface area (Å²) in [4.78, 5) is 39.0.